The highest BCUT2D eigenvalue weighted by Gasteiger charge is 2.16. The van der Waals surface area contributed by atoms with Gasteiger partial charge in [-0.1, -0.05) is 6.07 Å². The molecule has 3 N–H and O–H groups in total. The maximum Gasteiger partial charge on any atom is 0.267 e. The smallest absolute Gasteiger partial charge is 0.267 e. The lowest BCUT2D eigenvalue weighted by Gasteiger charge is -2.06. The van der Waals surface area contributed by atoms with Crippen molar-refractivity contribution in [2.24, 2.45) is 0 Å². The van der Waals surface area contributed by atoms with Gasteiger partial charge in [0.25, 0.3) is 5.91 Å². The van der Waals surface area contributed by atoms with E-state index in [1.807, 2.05) is 18.2 Å². The molecule has 2 aromatic heterocycles. The summed E-state index contributed by atoms with van der Waals surface area (Å²) < 4.78 is 6.03. The highest BCUT2D eigenvalue weighted by molar-refractivity contribution is 7.21. The third-order valence-electron chi connectivity index (χ3n) is 3.07. The van der Waals surface area contributed by atoms with Crippen LogP contribution in [-0.2, 0) is 0 Å². The van der Waals surface area contributed by atoms with Crippen LogP contribution in [0.4, 0.5) is 11.4 Å². The molecule has 1 aromatic carbocycles. The van der Waals surface area contributed by atoms with E-state index in [2.05, 4.69) is 10.3 Å². The molecule has 0 spiro atoms. The fraction of sp³-hybridized carbons (Fsp3) is 0.0667. The molecule has 0 saturated heterocycles. The van der Waals surface area contributed by atoms with Crippen molar-refractivity contribution < 1.29 is 9.53 Å². The zero-order valence-electron chi connectivity index (χ0n) is 11.3. The molecule has 0 fully saturated rings. The Hall–Kier alpha value is -2.60. The first-order valence-corrected chi connectivity index (χ1v) is 7.08. The molecule has 0 unspecified atom stereocenters. The number of ether oxygens (including phenoxy) is 1. The van der Waals surface area contributed by atoms with Gasteiger partial charge < -0.3 is 15.8 Å². The van der Waals surface area contributed by atoms with Crippen LogP contribution in [0, 0.1) is 0 Å². The average molecular weight is 299 g/mol. The third-order valence-corrected chi connectivity index (χ3v) is 4.22. The SMILES string of the molecule is COc1cccc(NC(=O)c2sc3cnccc3c2N)c1. The Morgan fingerprint density at radius 2 is 2.24 bits per heavy atom. The number of nitrogens with one attached hydrogen (secondary N) is 1. The summed E-state index contributed by atoms with van der Waals surface area (Å²) >= 11 is 1.33. The minimum atomic E-state index is -0.234. The Morgan fingerprint density at radius 1 is 1.38 bits per heavy atom. The predicted octanol–water partition coefficient (Wildman–Crippen LogP) is 3.14. The number of thiophene rings is 1. The molecule has 2 heterocycles. The van der Waals surface area contributed by atoms with Gasteiger partial charge >= 0.3 is 0 Å². The third kappa shape index (κ3) is 2.53. The van der Waals surface area contributed by atoms with Gasteiger partial charge in [0.1, 0.15) is 10.6 Å². The number of aromatic nitrogens is 1. The van der Waals surface area contributed by atoms with Gasteiger partial charge in [0, 0.05) is 29.5 Å². The number of carbonyl (C=O) groups is 1. The molecular weight excluding hydrogens is 286 g/mol. The fourth-order valence-corrected chi connectivity index (χ4v) is 3.01. The lowest BCUT2D eigenvalue weighted by atomic mass is 10.2. The van der Waals surface area contributed by atoms with Crippen LogP contribution in [0.5, 0.6) is 5.75 Å². The largest absolute Gasteiger partial charge is 0.497 e. The van der Waals surface area contributed by atoms with E-state index in [-0.39, 0.29) is 5.91 Å². The second-order valence-electron chi connectivity index (χ2n) is 4.40. The number of fused-ring (bicyclic) bond motifs is 1. The van der Waals surface area contributed by atoms with E-state index in [1.165, 1.54) is 11.3 Å². The molecule has 0 atom stereocenters. The maximum absolute atomic E-state index is 12.4. The Labute approximate surface area is 125 Å². The summed E-state index contributed by atoms with van der Waals surface area (Å²) in [5.74, 6) is 0.447. The molecular formula is C15H13N3O2S. The minimum absolute atomic E-state index is 0.234. The number of anilines is 2. The van der Waals surface area contributed by atoms with Crippen molar-refractivity contribution in [1.29, 1.82) is 0 Å². The molecule has 6 heteroatoms. The summed E-state index contributed by atoms with van der Waals surface area (Å²) in [6.45, 7) is 0. The summed E-state index contributed by atoms with van der Waals surface area (Å²) in [4.78, 5) is 16.9. The second kappa shape index (κ2) is 5.41. The number of hydrogen-bond donors (Lipinski definition) is 2. The standard InChI is InChI=1S/C15H13N3O2S/c1-20-10-4-2-3-9(7-10)18-15(19)14-13(16)11-5-6-17-8-12(11)21-14/h2-8H,16H2,1H3,(H,18,19). The molecule has 3 rings (SSSR count). The van der Waals surface area contributed by atoms with Crippen LogP contribution in [0.15, 0.2) is 42.7 Å². The van der Waals surface area contributed by atoms with Gasteiger partial charge in [-0.25, -0.2) is 0 Å². The van der Waals surface area contributed by atoms with Crippen LogP contribution in [0.2, 0.25) is 0 Å². The number of nitrogens with zero attached hydrogens (tertiary/aromatic N) is 1. The molecule has 0 aliphatic heterocycles. The monoisotopic (exact) mass is 299 g/mol. The van der Waals surface area contributed by atoms with Crippen LogP contribution in [-0.4, -0.2) is 18.0 Å². The number of carbonyl (C=O) groups excluding carboxylic acids is 1. The molecule has 0 aliphatic rings. The Balaban J connectivity index is 1.91. The number of methoxy groups -OCH3 is 1. The number of nitrogen functional groups attached to an aromatic ring is 1. The van der Waals surface area contributed by atoms with E-state index >= 15 is 0 Å². The normalized spacial score (nSPS) is 10.5. The van der Waals surface area contributed by atoms with Crippen molar-refractivity contribution in [2.45, 2.75) is 0 Å². The van der Waals surface area contributed by atoms with Crippen LogP contribution >= 0.6 is 11.3 Å². The van der Waals surface area contributed by atoms with Gasteiger partial charge in [0.2, 0.25) is 0 Å². The topological polar surface area (TPSA) is 77.2 Å². The molecule has 0 saturated carbocycles. The Bertz CT molecular complexity index is 814. The van der Waals surface area contributed by atoms with E-state index in [0.29, 0.717) is 22.0 Å². The summed E-state index contributed by atoms with van der Waals surface area (Å²) in [6, 6.07) is 8.99. The fourth-order valence-electron chi connectivity index (χ4n) is 2.03. The summed E-state index contributed by atoms with van der Waals surface area (Å²) in [7, 11) is 1.58. The molecule has 0 aliphatic carbocycles. The minimum Gasteiger partial charge on any atom is -0.497 e. The maximum atomic E-state index is 12.4. The van der Waals surface area contributed by atoms with Crippen LogP contribution in [0.1, 0.15) is 9.67 Å². The van der Waals surface area contributed by atoms with E-state index < -0.39 is 0 Å². The molecule has 1 amide bonds. The van der Waals surface area contributed by atoms with Gasteiger partial charge in [-0.3, -0.25) is 9.78 Å². The number of rotatable bonds is 3. The summed E-state index contributed by atoms with van der Waals surface area (Å²) in [5, 5.41) is 3.68. The molecule has 106 valence electrons. The first kappa shape index (κ1) is 13.4. The van der Waals surface area contributed by atoms with Crippen molar-refractivity contribution in [2.75, 3.05) is 18.2 Å². The molecule has 21 heavy (non-hydrogen) atoms. The van der Waals surface area contributed by atoms with Crippen molar-refractivity contribution >= 4 is 38.7 Å². The highest BCUT2D eigenvalue weighted by Crippen LogP contribution is 2.33. The number of hydrogen-bond acceptors (Lipinski definition) is 5. The first-order valence-electron chi connectivity index (χ1n) is 6.26. The highest BCUT2D eigenvalue weighted by atomic mass is 32.1. The van der Waals surface area contributed by atoms with Gasteiger partial charge in [-0.15, -0.1) is 11.3 Å². The van der Waals surface area contributed by atoms with E-state index in [9.17, 15) is 4.79 Å². The summed E-state index contributed by atoms with van der Waals surface area (Å²) in [5.41, 5.74) is 7.19. The van der Waals surface area contributed by atoms with Gasteiger partial charge in [-0.2, -0.15) is 0 Å². The zero-order chi connectivity index (χ0) is 14.8. The molecule has 0 bridgehead atoms. The predicted molar refractivity (Wildman–Crippen MR) is 85.0 cm³/mol. The summed E-state index contributed by atoms with van der Waals surface area (Å²) in [6.07, 6.45) is 3.37. The van der Waals surface area contributed by atoms with Gasteiger partial charge in [0.05, 0.1) is 17.5 Å². The van der Waals surface area contributed by atoms with Crippen molar-refractivity contribution in [3.8, 4) is 5.75 Å². The number of benzene rings is 1. The molecule has 3 aromatic rings. The van der Waals surface area contributed by atoms with E-state index in [0.717, 1.165) is 10.1 Å². The van der Waals surface area contributed by atoms with E-state index in [4.69, 9.17) is 10.5 Å². The molecule has 5 nitrogen and oxygen atoms in total. The average Bonchev–Trinajstić information content (AvgIpc) is 2.85. The lowest BCUT2D eigenvalue weighted by Crippen LogP contribution is -2.11. The lowest BCUT2D eigenvalue weighted by molar-refractivity contribution is 0.103. The van der Waals surface area contributed by atoms with Crippen molar-refractivity contribution in [3.05, 3.63) is 47.6 Å². The van der Waals surface area contributed by atoms with Crippen LogP contribution < -0.4 is 15.8 Å². The van der Waals surface area contributed by atoms with Crippen molar-refractivity contribution in [1.82, 2.24) is 4.98 Å². The number of amides is 1. The van der Waals surface area contributed by atoms with Gasteiger partial charge in [0.15, 0.2) is 0 Å². The first-order chi connectivity index (χ1) is 10.2. The Morgan fingerprint density at radius 3 is 3.00 bits per heavy atom. The van der Waals surface area contributed by atoms with Crippen LogP contribution in [0.25, 0.3) is 10.1 Å². The van der Waals surface area contributed by atoms with Crippen LogP contribution in [0.3, 0.4) is 0 Å². The zero-order valence-corrected chi connectivity index (χ0v) is 12.1. The second-order valence-corrected chi connectivity index (χ2v) is 5.45. The van der Waals surface area contributed by atoms with E-state index in [1.54, 1.807) is 31.6 Å². The quantitative estimate of drug-likeness (QED) is 0.779. The number of pyridine rings is 1. The van der Waals surface area contributed by atoms with Gasteiger partial charge in [-0.05, 0) is 18.2 Å². The molecule has 0 radical (unpaired) electrons. The Kier molecular flexibility index (Phi) is 3.45. The number of nitrogens with two attached hydrogens (primary N) is 1. The van der Waals surface area contributed by atoms with Crippen molar-refractivity contribution in [3.63, 3.8) is 0 Å².